The van der Waals surface area contributed by atoms with E-state index < -0.39 is 27.0 Å². The molecule has 0 atom stereocenters. The number of aryl methyl sites for hydroxylation is 1. The maximum absolute atomic E-state index is 14.8. The number of hydrogen-bond acceptors (Lipinski definition) is 7. The molecule has 0 fully saturated rings. The molecule has 162 valence electrons. The predicted molar refractivity (Wildman–Crippen MR) is 110 cm³/mol. The van der Waals surface area contributed by atoms with Gasteiger partial charge in [0.2, 0.25) is 0 Å². The minimum absolute atomic E-state index is 0.0198. The molecule has 1 amide bonds. The first-order chi connectivity index (χ1) is 14.7. The van der Waals surface area contributed by atoms with Crippen molar-refractivity contribution in [1.82, 2.24) is 24.6 Å². The highest BCUT2D eigenvalue weighted by molar-refractivity contribution is 9.10. The van der Waals surface area contributed by atoms with Gasteiger partial charge >= 0.3 is 6.08 Å². The molecule has 0 bridgehead atoms. The van der Waals surface area contributed by atoms with E-state index >= 15 is 0 Å². The maximum Gasteiger partial charge on any atom is 0.311 e. The van der Waals surface area contributed by atoms with Gasteiger partial charge in [-0.2, -0.15) is 19.5 Å². The Hall–Kier alpha value is -3.22. The van der Waals surface area contributed by atoms with Crippen molar-refractivity contribution >= 4 is 44.2 Å². The second kappa shape index (κ2) is 7.80. The molecule has 1 aromatic carbocycles. The summed E-state index contributed by atoms with van der Waals surface area (Å²) < 4.78 is 30.2. The van der Waals surface area contributed by atoms with Gasteiger partial charge in [0.05, 0.1) is 22.5 Å². The number of hydrogen-bond donors (Lipinski definition) is 0. The van der Waals surface area contributed by atoms with E-state index in [1.54, 1.807) is 29.7 Å². The highest BCUT2D eigenvalue weighted by Gasteiger charge is 2.27. The predicted octanol–water partition coefficient (Wildman–Crippen LogP) is 2.89. The normalized spacial score (nSPS) is 13.8. The van der Waals surface area contributed by atoms with E-state index in [9.17, 15) is 23.7 Å². The van der Waals surface area contributed by atoms with Crippen molar-refractivity contribution in [3.8, 4) is 0 Å². The van der Waals surface area contributed by atoms with E-state index in [4.69, 9.17) is 0 Å². The number of amides is 1. The van der Waals surface area contributed by atoms with Crippen LogP contribution in [0.1, 0.15) is 22.6 Å². The van der Waals surface area contributed by atoms with Crippen molar-refractivity contribution in [3.63, 3.8) is 0 Å². The number of halogens is 3. The zero-order chi connectivity index (χ0) is 22.4. The van der Waals surface area contributed by atoms with Gasteiger partial charge in [-0.25, -0.2) is 4.39 Å². The monoisotopic (exact) mass is 495 g/mol. The lowest BCUT2D eigenvalue weighted by Gasteiger charge is -2.22. The fourth-order valence-electron chi connectivity index (χ4n) is 3.50. The van der Waals surface area contributed by atoms with Crippen LogP contribution < -0.4 is 4.90 Å². The summed E-state index contributed by atoms with van der Waals surface area (Å²) in [5.74, 6) is -1.26. The van der Waals surface area contributed by atoms with Crippen LogP contribution in [0, 0.1) is 22.0 Å². The molecule has 0 unspecified atom stereocenters. The van der Waals surface area contributed by atoms with Gasteiger partial charge in [-0.15, -0.1) is 0 Å². The largest absolute Gasteiger partial charge is 0.350 e. The average molecular weight is 496 g/mol. The number of aromatic nitrogens is 4. The second-order valence-corrected chi connectivity index (χ2v) is 8.00. The Morgan fingerprint density at radius 2 is 2.00 bits per heavy atom. The van der Waals surface area contributed by atoms with Gasteiger partial charge < -0.3 is 9.80 Å². The highest BCUT2D eigenvalue weighted by atomic mass is 79.9. The van der Waals surface area contributed by atoms with E-state index in [0.29, 0.717) is 25.2 Å². The topological polar surface area (TPSA) is 110 Å². The number of carbonyl (C=O) groups excluding carboxylic acids is 1. The first kappa shape index (κ1) is 21.0. The molecule has 0 aliphatic carbocycles. The molecule has 4 rings (SSSR count). The maximum atomic E-state index is 14.8. The Balaban J connectivity index is 1.83. The molecule has 10 nitrogen and oxygen atoms in total. The first-order valence-electron chi connectivity index (χ1n) is 9.20. The van der Waals surface area contributed by atoms with E-state index in [1.165, 1.54) is 4.90 Å². The molecular weight excluding hydrogens is 480 g/mol. The molecule has 0 radical (unpaired) electrons. The molecule has 31 heavy (non-hydrogen) atoms. The van der Waals surface area contributed by atoms with E-state index in [1.807, 2.05) is 0 Å². The Bertz CT molecular complexity index is 1230. The third-order valence-electron chi connectivity index (χ3n) is 4.94. The number of rotatable bonds is 3. The second-order valence-electron chi connectivity index (χ2n) is 7.21. The zero-order valence-electron chi connectivity index (χ0n) is 16.5. The average Bonchev–Trinajstić information content (AvgIpc) is 3.01. The van der Waals surface area contributed by atoms with Gasteiger partial charge in [-0.1, -0.05) is 0 Å². The summed E-state index contributed by atoms with van der Waals surface area (Å²) in [7, 11) is 3.24. The fraction of sp³-hybridized carbons (Fsp3) is 0.333. The van der Waals surface area contributed by atoms with Gasteiger partial charge in [0.1, 0.15) is 15.8 Å². The van der Waals surface area contributed by atoms with Crippen molar-refractivity contribution < 1.29 is 18.5 Å². The SMILES string of the molecule is CN(C)C(=O)c1cc2n(n1)CCCN(c1nc(F)nc3c(F)c(Br)c([N+](=O)[O-])cc13)C2. The van der Waals surface area contributed by atoms with Crippen molar-refractivity contribution in [2.75, 3.05) is 25.5 Å². The van der Waals surface area contributed by atoms with Gasteiger partial charge in [0, 0.05) is 33.3 Å². The molecule has 0 spiro atoms. The number of carbonyl (C=O) groups is 1. The minimum atomic E-state index is -1.15. The summed E-state index contributed by atoms with van der Waals surface area (Å²) in [6.07, 6.45) is -0.568. The van der Waals surface area contributed by atoms with Crippen LogP contribution >= 0.6 is 15.9 Å². The highest BCUT2D eigenvalue weighted by Crippen LogP contribution is 2.37. The first-order valence-corrected chi connectivity index (χ1v) is 9.99. The Labute approximate surface area is 182 Å². The molecule has 0 saturated heterocycles. The lowest BCUT2D eigenvalue weighted by molar-refractivity contribution is -0.385. The molecule has 13 heteroatoms. The summed E-state index contributed by atoms with van der Waals surface area (Å²) >= 11 is 2.85. The molecular formula is C18H16BrF2N7O3. The minimum Gasteiger partial charge on any atom is -0.350 e. The summed E-state index contributed by atoms with van der Waals surface area (Å²) in [4.78, 5) is 33.3. The van der Waals surface area contributed by atoms with Crippen LogP contribution in [-0.2, 0) is 13.1 Å². The van der Waals surface area contributed by atoms with Crippen molar-refractivity contribution in [2.45, 2.75) is 19.5 Å². The lowest BCUT2D eigenvalue weighted by atomic mass is 10.2. The van der Waals surface area contributed by atoms with E-state index in [2.05, 4.69) is 31.0 Å². The Morgan fingerprint density at radius 1 is 1.26 bits per heavy atom. The van der Waals surface area contributed by atoms with Crippen molar-refractivity contribution in [2.24, 2.45) is 0 Å². The smallest absolute Gasteiger partial charge is 0.311 e. The third kappa shape index (κ3) is 3.69. The van der Waals surface area contributed by atoms with Gasteiger partial charge in [-0.05, 0) is 28.4 Å². The molecule has 1 aliphatic rings. The van der Waals surface area contributed by atoms with Crippen LogP contribution in [0.15, 0.2) is 16.6 Å². The van der Waals surface area contributed by atoms with E-state index in [-0.39, 0.29) is 34.9 Å². The molecule has 3 heterocycles. The molecule has 0 N–H and O–H groups in total. The number of nitro groups is 1. The van der Waals surface area contributed by atoms with E-state index in [0.717, 1.165) is 6.07 Å². The summed E-state index contributed by atoms with van der Waals surface area (Å²) in [6, 6.07) is 2.76. The zero-order valence-corrected chi connectivity index (χ0v) is 18.1. The standard InChI is InChI=1S/C18H16BrF2N7O3/c1-25(2)17(29)11-6-9-8-26(4-3-5-27(9)24-11)16-10-7-12(28(30)31)13(19)14(20)15(10)22-18(21)23-16/h6-7H,3-5,8H2,1-2H3. The fourth-order valence-corrected chi connectivity index (χ4v) is 3.95. The summed E-state index contributed by atoms with van der Waals surface area (Å²) in [5.41, 5.74) is 0.0783. The summed E-state index contributed by atoms with van der Waals surface area (Å²) in [5, 5.41) is 15.7. The Kier molecular flexibility index (Phi) is 5.29. The number of nitro benzene ring substituents is 1. The molecule has 1 aliphatic heterocycles. The number of benzene rings is 1. The van der Waals surface area contributed by atoms with Crippen LogP contribution in [0.5, 0.6) is 0 Å². The molecule has 3 aromatic rings. The van der Waals surface area contributed by atoms with Crippen LogP contribution in [0.4, 0.5) is 20.3 Å². The van der Waals surface area contributed by atoms with Crippen LogP contribution in [-0.4, -0.2) is 56.1 Å². The van der Waals surface area contributed by atoms with Crippen molar-refractivity contribution in [3.05, 3.63) is 50.0 Å². The number of anilines is 1. The Morgan fingerprint density at radius 3 is 2.68 bits per heavy atom. The van der Waals surface area contributed by atoms with Crippen LogP contribution in [0.25, 0.3) is 10.9 Å². The van der Waals surface area contributed by atoms with Gasteiger partial charge in [-0.3, -0.25) is 19.6 Å². The lowest BCUT2D eigenvalue weighted by Crippen LogP contribution is -2.25. The number of nitrogens with zero attached hydrogens (tertiary/aromatic N) is 7. The van der Waals surface area contributed by atoms with Gasteiger partial charge in [0.25, 0.3) is 11.6 Å². The molecule has 0 saturated carbocycles. The molecule has 2 aromatic heterocycles. The van der Waals surface area contributed by atoms with Crippen molar-refractivity contribution in [1.29, 1.82) is 0 Å². The van der Waals surface area contributed by atoms with Gasteiger partial charge in [0.15, 0.2) is 11.5 Å². The quantitative estimate of drug-likeness (QED) is 0.312. The summed E-state index contributed by atoms with van der Waals surface area (Å²) in [6.45, 7) is 1.13. The van der Waals surface area contributed by atoms with Crippen LogP contribution in [0.2, 0.25) is 0 Å². The third-order valence-corrected chi connectivity index (χ3v) is 5.69. The number of fused-ring (bicyclic) bond motifs is 2. The van der Waals surface area contributed by atoms with Crippen LogP contribution in [0.3, 0.4) is 0 Å².